The molecule has 0 spiro atoms. The predicted molar refractivity (Wildman–Crippen MR) is 96.9 cm³/mol. The van der Waals surface area contributed by atoms with E-state index >= 15 is 0 Å². The molecule has 1 N–H and O–H groups in total. The second kappa shape index (κ2) is 9.31. The predicted octanol–water partition coefficient (Wildman–Crippen LogP) is 5.40. The standard InChI is InChI=1S/C19H24ClNO2/c1-3-4-13-22-17-11-9-16(10-12-17)21-14-15(2)23-19-8-6-5-7-18(19)20/h5-12,15,21H,3-4,13-14H2,1-2H3. The van der Waals surface area contributed by atoms with E-state index in [1.807, 2.05) is 55.5 Å². The van der Waals surface area contributed by atoms with Gasteiger partial charge in [-0.05, 0) is 49.7 Å². The van der Waals surface area contributed by atoms with Crippen LogP contribution in [0.1, 0.15) is 26.7 Å². The zero-order valence-electron chi connectivity index (χ0n) is 13.7. The van der Waals surface area contributed by atoms with E-state index in [4.69, 9.17) is 21.1 Å². The third-order valence-corrected chi connectivity index (χ3v) is 3.69. The maximum Gasteiger partial charge on any atom is 0.138 e. The third-order valence-electron chi connectivity index (χ3n) is 3.38. The summed E-state index contributed by atoms with van der Waals surface area (Å²) in [5.41, 5.74) is 1.04. The molecule has 0 saturated heterocycles. The Bertz CT molecular complexity index is 586. The highest BCUT2D eigenvalue weighted by molar-refractivity contribution is 6.32. The maximum absolute atomic E-state index is 6.10. The van der Waals surface area contributed by atoms with Gasteiger partial charge in [0.2, 0.25) is 0 Å². The molecule has 4 heteroatoms. The minimum absolute atomic E-state index is 0.00961. The molecule has 3 nitrogen and oxygen atoms in total. The van der Waals surface area contributed by atoms with Gasteiger partial charge in [0.15, 0.2) is 0 Å². The van der Waals surface area contributed by atoms with E-state index in [2.05, 4.69) is 12.2 Å². The number of unbranched alkanes of at least 4 members (excludes halogenated alkanes) is 1. The first-order valence-electron chi connectivity index (χ1n) is 8.07. The molecule has 0 bridgehead atoms. The Morgan fingerprint density at radius 1 is 1.09 bits per heavy atom. The summed E-state index contributed by atoms with van der Waals surface area (Å²) in [6, 6.07) is 15.5. The summed E-state index contributed by atoms with van der Waals surface area (Å²) in [6.45, 7) is 5.63. The molecule has 2 aromatic rings. The van der Waals surface area contributed by atoms with Gasteiger partial charge in [-0.2, -0.15) is 0 Å². The van der Waals surface area contributed by atoms with Crippen molar-refractivity contribution in [1.29, 1.82) is 0 Å². The number of rotatable bonds is 9. The lowest BCUT2D eigenvalue weighted by Crippen LogP contribution is -2.22. The number of anilines is 1. The fraction of sp³-hybridized carbons (Fsp3) is 0.368. The Morgan fingerprint density at radius 2 is 1.83 bits per heavy atom. The second-order valence-corrected chi connectivity index (χ2v) is 5.87. The van der Waals surface area contributed by atoms with Gasteiger partial charge in [-0.1, -0.05) is 37.1 Å². The quantitative estimate of drug-likeness (QED) is 0.623. The van der Waals surface area contributed by atoms with E-state index in [9.17, 15) is 0 Å². The minimum Gasteiger partial charge on any atom is -0.494 e. The molecular formula is C19H24ClNO2. The van der Waals surface area contributed by atoms with Crippen molar-refractivity contribution in [3.63, 3.8) is 0 Å². The van der Waals surface area contributed by atoms with Crippen LogP contribution in [0.15, 0.2) is 48.5 Å². The Labute approximate surface area is 143 Å². The number of ether oxygens (including phenoxy) is 2. The van der Waals surface area contributed by atoms with Crippen molar-refractivity contribution in [2.45, 2.75) is 32.8 Å². The zero-order valence-corrected chi connectivity index (χ0v) is 14.5. The average molecular weight is 334 g/mol. The molecule has 1 unspecified atom stereocenters. The molecule has 0 aliphatic rings. The van der Waals surface area contributed by atoms with E-state index < -0.39 is 0 Å². The summed E-state index contributed by atoms with van der Waals surface area (Å²) in [7, 11) is 0. The third kappa shape index (κ3) is 6.03. The second-order valence-electron chi connectivity index (χ2n) is 5.47. The first-order valence-corrected chi connectivity index (χ1v) is 8.44. The van der Waals surface area contributed by atoms with Crippen molar-refractivity contribution in [3.8, 4) is 11.5 Å². The van der Waals surface area contributed by atoms with Crippen LogP contribution in [0.25, 0.3) is 0 Å². The largest absolute Gasteiger partial charge is 0.494 e. The fourth-order valence-electron chi connectivity index (χ4n) is 2.06. The van der Waals surface area contributed by atoms with Gasteiger partial charge < -0.3 is 14.8 Å². The summed E-state index contributed by atoms with van der Waals surface area (Å²) in [5, 5.41) is 3.99. The number of nitrogens with one attached hydrogen (secondary N) is 1. The van der Waals surface area contributed by atoms with Crippen LogP contribution in [-0.2, 0) is 0 Å². The van der Waals surface area contributed by atoms with E-state index in [1.54, 1.807) is 0 Å². The first-order chi connectivity index (χ1) is 11.2. The molecule has 23 heavy (non-hydrogen) atoms. The summed E-state index contributed by atoms with van der Waals surface area (Å²) in [6.07, 6.45) is 2.23. The normalized spacial score (nSPS) is 11.8. The van der Waals surface area contributed by atoms with Crippen LogP contribution in [0.5, 0.6) is 11.5 Å². The van der Waals surface area contributed by atoms with Crippen molar-refractivity contribution in [2.75, 3.05) is 18.5 Å². The van der Waals surface area contributed by atoms with E-state index in [0.29, 0.717) is 17.3 Å². The van der Waals surface area contributed by atoms with Gasteiger partial charge in [-0.3, -0.25) is 0 Å². The lowest BCUT2D eigenvalue weighted by atomic mass is 10.3. The molecule has 1 atom stereocenters. The number of hydrogen-bond acceptors (Lipinski definition) is 3. The van der Waals surface area contributed by atoms with Gasteiger partial charge in [-0.25, -0.2) is 0 Å². The van der Waals surface area contributed by atoms with Crippen LogP contribution < -0.4 is 14.8 Å². The van der Waals surface area contributed by atoms with Crippen LogP contribution in [0.2, 0.25) is 5.02 Å². The molecule has 0 radical (unpaired) electrons. The molecule has 0 amide bonds. The summed E-state index contributed by atoms with van der Waals surface area (Å²) in [4.78, 5) is 0. The summed E-state index contributed by atoms with van der Waals surface area (Å²) < 4.78 is 11.5. The first kappa shape index (κ1) is 17.5. The topological polar surface area (TPSA) is 30.5 Å². The minimum atomic E-state index is 0.00961. The zero-order chi connectivity index (χ0) is 16.5. The van der Waals surface area contributed by atoms with Gasteiger partial charge in [0.25, 0.3) is 0 Å². The van der Waals surface area contributed by atoms with Gasteiger partial charge in [0.1, 0.15) is 17.6 Å². The number of halogens is 1. The molecular weight excluding hydrogens is 310 g/mol. The van der Waals surface area contributed by atoms with E-state index in [-0.39, 0.29) is 6.10 Å². The maximum atomic E-state index is 6.10. The van der Waals surface area contributed by atoms with Crippen molar-refractivity contribution < 1.29 is 9.47 Å². The number of benzene rings is 2. The molecule has 0 aromatic heterocycles. The van der Waals surface area contributed by atoms with E-state index in [1.165, 1.54) is 0 Å². The molecule has 2 rings (SSSR count). The molecule has 124 valence electrons. The summed E-state index contributed by atoms with van der Waals surface area (Å²) >= 11 is 6.10. The molecule has 0 fully saturated rings. The Hall–Kier alpha value is -1.87. The SMILES string of the molecule is CCCCOc1ccc(NCC(C)Oc2ccccc2Cl)cc1. The molecule has 2 aromatic carbocycles. The van der Waals surface area contributed by atoms with Crippen LogP contribution in [-0.4, -0.2) is 19.3 Å². The molecule has 0 saturated carbocycles. The van der Waals surface area contributed by atoms with Crippen molar-refractivity contribution >= 4 is 17.3 Å². The number of para-hydroxylation sites is 1. The fourth-order valence-corrected chi connectivity index (χ4v) is 2.24. The smallest absolute Gasteiger partial charge is 0.138 e. The lowest BCUT2D eigenvalue weighted by molar-refractivity contribution is 0.235. The Balaban J connectivity index is 1.77. The van der Waals surface area contributed by atoms with Gasteiger partial charge in [0.05, 0.1) is 18.2 Å². The monoisotopic (exact) mass is 333 g/mol. The number of hydrogen-bond donors (Lipinski definition) is 1. The Kier molecular flexibility index (Phi) is 7.08. The highest BCUT2D eigenvalue weighted by atomic mass is 35.5. The van der Waals surface area contributed by atoms with Crippen LogP contribution in [0.4, 0.5) is 5.69 Å². The highest BCUT2D eigenvalue weighted by Gasteiger charge is 2.06. The van der Waals surface area contributed by atoms with Gasteiger partial charge >= 0.3 is 0 Å². The highest BCUT2D eigenvalue weighted by Crippen LogP contribution is 2.24. The average Bonchev–Trinajstić information content (AvgIpc) is 2.56. The summed E-state index contributed by atoms with van der Waals surface area (Å²) in [5.74, 6) is 1.62. The lowest BCUT2D eigenvalue weighted by Gasteiger charge is -2.17. The van der Waals surface area contributed by atoms with Crippen molar-refractivity contribution in [3.05, 3.63) is 53.6 Å². The molecule has 0 aliphatic carbocycles. The van der Waals surface area contributed by atoms with Gasteiger partial charge in [0, 0.05) is 5.69 Å². The van der Waals surface area contributed by atoms with Crippen molar-refractivity contribution in [2.24, 2.45) is 0 Å². The van der Waals surface area contributed by atoms with Gasteiger partial charge in [-0.15, -0.1) is 0 Å². The van der Waals surface area contributed by atoms with Crippen LogP contribution >= 0.6 is 11.6 Å². The molecule has 0 heterocycles. The van der Waals surface area contributed by atoms with Crippen LogP contribution in [0, 0.1) is 0 Å². The van der Waals surface area contributed by atoms with E-state index in [0.717, 1.165) is 30.9 Å². The molecule has 0 aliphatic heterocycles. The Morgan fingerprint density at radius 3 is 2.52 bits per heavy atom. The van der Waals surface area contributed by atoms with Crippen molar-refractivity contribution in [1.82, 2.24) is 0 Å². The van der Waals surface area contributed by atoms with Crippen LogP contribution in [0.3, 0.4) is 0 Å².